The third-order valence-electron chi connectivity index (χ3n) is 5.68. The lowest BCUT2D eigenvalue weighted by Gasteiger charge is -2.29. The zero-order valence-electron chi connectivity index (χ0n) is 17.4. The highest BCUT2D eigenvalue weighted by Gasteiger charge is 2.42. The van der Waals surface area contributed by atoms with Gasteiger partial charge in [0.1, 0.15) is 11.8 Å². The fraction of sp³-hybridized carbons (Fsp3) is 0.0800. The topological polar surface area (TPSA) is 90.6 Å². The highest BCUT2D eigenvalue weighted by atomic mass is 32.1. The Morgan fingerprint density at radius 1 is 0.970 bits per heavy atom. The normalized spacial score (nSPS) is 17.7. The van der Waals surface area contributed by atoms with Gasteiger partial charge in [-0.25, -0.2) is 4.79 Å². The average Bonchev–Trinajstić information content (AvgIpc) is 3.44. The number of nitrogens with one attached hydrogen (secondary N) is 1. The maximum atomic E-state index is 11.5. The molecule has 2 aromatic heterocycles. The summed E-state index contributed by atoms with van der Waals surface area (Å²) >= 11 is 5.74. The van der Waals surface area contributed by atoms with Crippen LogP contribution >= 0.6 is 12.2 Å². The number of pyridine rings is 1. The number of hydrogen-bond acceptors (Lipinski definition) is 4. The van der Waals surface area contributed by atoms with E-state index in [4.69, 9.17) is 12.2 Å². The Morgan fingerprint density at radius 2 is 1.79 bits per heavy atom. The number of carboxylic acid groups (broad SMARTS) is 1. The first kappa shape index (κ1) is 20.7. The van der Waals surface area contributed by atoms with E-state index in [1.54, 1.807) is 36.5 Å². The number of phenols is 1. The van der Waals surface area contributed by atoms with Gasteiger partial charge in [0, 0.05) is 29.5 Å². The molecule has 0 bridgehead atoms. The number of thiocarbonyl (C=S) groups is 1. The van der Waals surface area contributed by atoms with E-state index < -0.39 is 5.97 Å². The molecule has 0 unspecified atom stereocenters. The summed E-state index contributed by atoms with van der Waals surface area (Å²) in [7, 11) is 0. The van der Waals surface area contributed by atoms with Crippen molar-refractivity contribution >= 4 is 29.0 Å². The molecule has 0 saturated carbocycles. The standard InChI is InChI=1S/C25H20N4O3S/c30-19-11-9-17(10-12-19)29-23(22(27-25(29)33)20-7-1-2-13-26-20)21-8-4-14-28(21)18-6-3-5-16(15-18)24(31)32/h1-15,22-23,30H,(H,27,33)(H,31,32)/t22-,23-/m1/s1. The third kappa shape index (κ3) is 3.81. The van der Waals surface area contributed by atoms with Gasteiger partial charge in [-0.2, -0.15) is 0 Å². The van der Waals surface area contributed by atoms with Crippen LogP contribution in [0.2, 0.25) is 0 Å². The number of carbonyl (C=O) groups is 1. The third-order valence-corrected chi connectivity index (χ3v) is 6.00. The van der Waals surface area contributed by atoms with E-state index in [-0.39, 0.29) is 23.4 Å². The van der Waals surface area contributed by atoms with Crippen LogP contribution in [0, 0.1) is 0 Å². The van der Waals surface area contributed by atoms with Crippen molar-refractivity contribution < 1.29 is 15.0 Å². The molecule has 3 N–H and O–H groups in total. The van der Waals surface area contributed by atoms with Gasteiger partial charge in [0.25, 0.3) is 0 Å². The molecule has 0 aliphatic carbocycles. The van der Waals surface area contributed by atoms with Gasteiger partial charge >= 0.3 is 5.97 Å². The second kappa shape index (κ2) is 8.40. The Kier molecular flexibility index (Phi) is 5.27. The molecule has 1 aliphatic rings. The van der Waals surface area contributed by atoms with Gasteiger partial charge < -0.3 is 25.0 Å². The first-order valence-corrected chi connectivity index (χ1v) is 10.7. The maximum Gasteiger partial charge on any atom is 0.335 e. The van der Waals surface area contributed by atoms with Gasteiger partial charge in [0.15, 0.2) is 5.11 Å². The molecule has 2 atom stereocenters. The average molecular weight is 457 g/mol. The van der Waals surface area contributed by atoms with Crippen LogP contribution in [-0.4, -0.2) is 30.8 Å². The molecule has 4 aromatic rings. The fourth-order valence-corrected chi connectivity index (χ4v) is 4.55. The van der Waals surface area contributed by atoms with E-state index in [1.165, 1.54) is 0 Å². The van der Waals surface area contributed by atoms with Crippen molar-refractivity contribution in [3.05, 3.63) is 108 Å². The molecule has 2 aromatic carbocycles. The minimum Gasteiger partial charge on any atom is -0.508 e. The fourth-order valence-electron chi connectivity index (χ4n) is 4.21. The SMILES string of the molecule is O=C(O)c1cccc(-n2cccc2[C@@H]2[C@@H](c3ccccn3)NC(=S)N2c2ccc(O)cc2)c1. The molecule has 164 valence electrons. The van der Waals surface area contributed by atoms with Crippen LogP contribution < -0.4 is 10.2 Å². The molecule has 33 heavy (non-hydrogen) atoms. The number of aromatic carboxylic acids is 1. The molecular formula is C25H20N4O3S. The van der Waals surface area contributed by atoms with Crippen LogP contribution in [0.3, 0.4) is 0 Å². The molecule has 5 rings (SSSR count). The number of aromatic nitrogens is 2. The smallest absolute Gasteiger partial charge is 0.335 e. The van der Waals surface area contributed by atoms with Crippen LogP contribution in [0.1, 0.15) is 33.8 Å². The number of phenolic OH excluding ortho intramolecular Hbond substituents is 1. The highest BCUT2D eigenvalue weighted by Crippen LogP contribution is 2.42. The molecular weight excluding hydrogens is 436 g/mol. The monoisotopic (exact) mass is 456 g/mol. The zero-order valence-corrected chi connectivity index (χ0v) is 18.2. The molecule has 0 radical (unpaired) electrons. The van der Waals surface area contributed by atoms with Crippen molar-refractivity contribution in [2.75, 3.05) is 4.90 Å². The van der Waals surface area contributed by atoms with Gasteiger partial charge in [-0.1, -0.05) is 12.1 Å². The summed E-state index contributed by atoms with van der Waals surface area (Å²) in [5.74, 6) is -0.810. The first-order valence-electron chi connectivity index (χ1n) is 10.3. The Morgan fingerprint density at radius 3 is 2.52 bits per heavy atom. The number of anilines is 1. The van der Waals surface area contributed by atoms with E-state index >= 15 is 0 Å². The molecule has 3 heterocycles. The number of aromatic hydroxyl groups is 1. The lowest BCUT2D eigenvalue weighted by atomic mass is 10.0. The zero-order chi connectivity index (χ0) is 22.9. The number of nitrogens with zero attached hydrogens (tertiary/aromatic N) is 3. The molecule has 0 spiro atoms. The van der Waals surface area contributed by atoms with Gasteiger partial charge in [-0.3, -0.25) is 4.98 Å². The summed E-state index contributed by atoms with van der Waals surface area (Å²) in [4.78, 5) is 18.1. The van der Waals surface area contributed by atoms with Crippen molar-refractivity contribution in [3.63, 3.8) is 0 Å². The molecule has 1 saturated heterocycles. The quantitative estimate of drug-likeness (QED) is 0.382. The second-order valence-electron chi connectivity index (χ2n) is 7.67. The van der Waals surface area contributed by atoms with E-state index in [0.717, 1.165) is 22.8 Å². The van der Waals surface area contributed by atoms with E-state index in [9.17, 15) is 15.0 Å². The Bertz CT molecular complexity index is 1320. The van der Waals surface area contributed by atoms with Crippen molar-refractivity contribution in [1.82, 2.24) is 14.9 Å². The number of benzene rings is 2. The maximum absolute atomic E-state index is 11.5. The van der Waals surface area contributed by atoms with Crippen LogP contribution in [-0.2, 0) is 0 Å². The predicted molar refractivity (Wildman–Crippen MR) is 129 cm³/mol. The lowest BCUT2D eigenvalue weighted by Crippen LogP contribution is -2.30. The summed E-state index contributed by atoms with van der Waals surface area (Å²) in [6, 6.07) is 22.8. The Balaban J connectivity index is 1.66. The second-order valence-corrected chi connectivity index (χ2v) is 8.06. The van der Waals surface area contributed by atoms with E-state index in [0.29, 0.717) is 5.11 Å². The summed E-state index contributed by atoms with van der Waals surface area (Å²) < 4.78 is 1.97. The lowest BCUT2D eigenvalue weighted by molar-refractivity contribution is 0.0697. The van der Waals surface area contributed by atoms with Crippen LogP contribution in [0.15, 0.2) is 91.3 Å². The first-order chi connectivity index (χ1) is 16.0. The van der Waals surface area contributed by atoms with Crippen molar-refractivity contribution in [1.29, 1.82) is 0 Å². The number of rotatable bonds is 5. The van der Waals surface area contributed by atoms with Crippen LogP contribution in [0.5, 0.6) is 5.75 Å². The predicted octanol–water partition coefficient (Wildman–Crippen LogP) is 4.45. The minimum absolute atomic E-state index is 0.170. The van der Waals surface area contributed by atoms with E-state index in [2.05, 4.69) is 10.3 Å². The molecule has 8 heteroatoms. The molecule has 7 nitrogen and oxygen atoms in total. The number of carboxylic acids is 1. The van der Waals surface area contributed by atoms with Crippen molar-refractivity contribution in [3.8, 4) is 11.4 Å². The van der Waals surface area contributed by atoms with Gasteiger partial charge in [-0.05, 0) is 78.9 Å². The Labute approximate surface area is 195 Å². The van der Waals surface area contributed by atoms with Crippen LogP contribution in [0.25, 0.3) is 5.69 Å². The minimum atomic E-state index is -0.980. The van der Waals surface area contributed by atoms with Crippen molar-refractivity contribution in [2.24, 2.45) is 0 Å². The number of hydrogen-bond donors (Lipinski definition) is 3. The summed E-state index contributed by atoms with van der Waals surface area (Å²) in [6.45, 7) is 0. The van der Waals surface area contributed by atoms with Gasteiger partial charge in [0.2, 0.25) is 0 Å². The van der Waals surface area contributed by atoms with Crippen LogP contribution in [0.4, 0.5) is 5.69 Å². The molecule has 0 amide bonds. The van der Waals surface area contributed by atoms with E-state index in [1.807, 2.05) is 64.2 Å². The van der Waals surface area contributed by atoms with Gasteiger partial charge in [-0.15, -0.1) is 0 Å². The highest BCUT2D eigenvalue weighted by molar-refractivity contribution is 7.80. The largest absolute Gasteiger partial charge is 0.508 e. The van der Waals surface area contributed by atoms with Gasteiger partial charge in [0.05, 0.1) is 17.3 Å². The summed E-state index contributed by atoms with van der Waals surface area (Å²) in [5.41, 5.74) is 3.51. The summed E-state index contributed by atoms with van der Waals surface area (Å²) in [6.07, 6.45) is 3.65. The molecule has 1 aliphatic heterocycles. The summed E-state index contributed by atoms with van der Waals surface area (Å²) in [5, 5.41) is 23.2. The molecule has 1 fully saturated rings. The Hall–Kier alpha value is -4.17. The van der Waals surface area contributed by atoms with Crippen molar-refractivity contribution in [2.45, 2.75) is 12.1 Å².